The first kappa shape index (κ1) is 18.5. The molecule has 0 bridgehead atoms. The van der Waals surface area contributed by atoms with Gasteiger partial charge in [0, 0.05) is 18.7 Å². The number of amides is 1. The molecule has 3 aromatic rings. The summed E-state index contributed by atoms with van der Waals surface area (Å²) in [6, 6.07) is 14.4. The smallest absolute Gasteiger partial charge is 0.240 e. The van der Waals surface area contributed by atoms with Gasteiger partial charge in [0.2, 0.25) is 11.1 Å². The van der Waals surface area contributed by atoms with Crippen molar-refractivity contribution in [2.24, 2.45) is 0 Å². The standard InChI is InChI=1S/C20H20FN5OS/c1-13(19(27)25-11-10-14-6-3-5-9-17(14)25)28-20-24-23-18(26(20)22)12-15-7-2-4-8-16(15)21/h2-9,13H,10-12,22H2,1H3. The summed E-state index contributed by atoms with van der Waals surface area (Å²) in [5.41, 5.74) is 2.65. The van der Waals surface area contributed by atoms with E-state index in [-0.39, 0.29) is 23.4 Å². The number of rotatable bonds is 5. The first-order valence-electron chi connectivity index (χ1n) is 9.03. The highest BCUT2D eigenvalue weighted by Gasteiger charge is 2.29. The maximum absolute atomic E-state index is 13.9. The molecule has 28 heavy (non-hydrogen) atoms. The number of para-hydroxylation sites is 1. The summed E-state index contributed by atoms with van der Waals surface area (Å²) in [7, 11) is 0. The van der Waals surface area contributed by atoms with E-state index in [2.05, 4.69) is 10.2 Å². The van der Waals surface area contributed by atoms with Crippen molar-refractivity contribution in [2.45, 2.75) is 30.2 Å². The third-order valence-electron chi connectivity index (χ3n) is 4.82. The van der Waals surface area contributed by atoms with Crippen LogP contribution in [0.1, 0.15) is 23.9 Å². The normalized spacial score (nSPS) is 14.1. The molecule has 1 aromatic heterocycles. The maximum atomic E-state index is 13.9. The fourth-order valence-electron chi connectivity index (χ4n) is 3.32. The summed E-state index contributed by atoms with van der Waals surface area (Å²) in [6.07, 6.45) is 1.09. The number of fused-ring (bicyclic) bond motifs is 1. The Labute approximate surface area is 166 Å². The van der Waals surface area contributed by atoms with E-state index in [1.807, 2.05) is 36.1 Å². The average molecular weight is 397 g/mol. The molecule has 0 fully saturated rings. The molecular weight excluding hydrogens is 377 g/mol. The van der Waals surface area contributed by atoms with E-state index in [9.17, 15) is 9.18 Å². The molecule has 4 rings (SSSR count). The molecule has 0 aliphatic carbocycles. The quantitative estimate of drug-likeness (QED) is 0.529. The number of thioether (sulfide) groups is 1. The van der Waals surface area contributed by atoms with Crippen molar-refractivity contribution in [2.75, 3.05) is 17.3 Å². The van der Waals surface area contributed by atoms with Crippen molar-refractivity contribution in [3.8, 4) is 0 Å². The molecule has 0 saturated heterocycles. The van der Waals surface area contributed by atoms with Gasteiger partial charge in [-0.25, -0.2) is 9.07 Å². The van der Waals surface area contributed by atoms with Crippen LogP contribution in [0.15, 0.2) is 53.7 Å². The molecule has 144 valence electrons. The van der Waals surface area contributed by atoms with Gasteiger partial charge in [-0.1, -0.05) is 48.2 Å². The minimum Gasteiger partial charge on any atom is -0.336 e. The second-order valence-electron chi connectivity index (χ2n) is 6.67. The monoisotopic (exact) mass is 397 g/mol. The minimum absolute atomic E-state index is 0.00797. The highest BCUT2D eigenvalue weighted by atomic mass is 32.2. The number of benzene rings is 2. The van der Waals surface area contributed by atoms with Gasteiger partial charge in [-0.05, 0) is 36.6 Å². The third kappa shape index (κ3) is 3.47. The zero-order chi connectivity index (χ0) is 19.7. The first-order chi connectivity index (χ1) is 13.5. The van der Waals surface area contributed by atoms with Crippen molar-refractivity contribution in [3.63, 3.8) is 0 Å². The number of nitrogen functional groups attached to an aromatic ring is 1. The Morgan fingerprint density at radius 2 is 1.96 bits per heavy atom. The second-order valence-corrected chi connectivity index (χ2v) is 7.97. The van der Waals surface area contributed by atoms with Crippen molar-refractivity contribution in [3.05, 3.63) is 71.3 Å². The van der Waals surface area contributed by atoms with E-state index < -0.39 is 0 Å². The number of nitrogens with two attached hydrogens (primary N) is 1. The van der Waals surface area contributed by atoms with Crippen LogP contribution in [-0.2, 0) is 17.6 Å². The van der Waals surface area contributed by atoms with Crippen LogP contribution in [0.25, 0.3) is 0 Å². The molecule has 0 radical (unpaired) electrons. The molecular formula is C20H20FN5OS. The van der Waals surface area contributed by atoms with Crippen LogP contribution in [-0.4, -0.2) is 32.6 Å². The fourth-order valence-corrected chi connectivity index (χ4v) is 4.17. The second kappa shape index (κ2) is 7.63. The third-order valence-corrected chi connectivity index (χ3v) is 5.87. The molecule has 0 spiro atoms. The summed E-state index contributed by atoms with van der Waals surface area (Å²) in [5, 5.41) is 8.22. The van der Waals surface area contributed by atoms with Crippen molar-refractivity contribution < 1.29 is 9.18 Å². The zero-order valence-electron chi connectivity index (χ0n) is 15.4. The van der Waals surface area contributed by atoms with E-state index in [1.165, 1.54) is 28.1 Å². The predicted octanol–water partition coefficient (Wildman–Crippen LogP) is 2.79. The summed E-state index contributed by atoms with van der Waals surface area (Å²) < 4.78 is 15.2. The lowest BCUT2D eigenvalue weighted by Crippen LogP contribution is -2.35. The molecule has 1 aliphatic rings. The number of halogens is 1. The molecule has 1 unspecified atom stereocenters. The van der Waals surface area contributed by atoms with Crippen LogP contribution in [0.2, 0.25) is 0 Å². The Bertz CT molecular complexity index is 1020. The van der Waals surface area contributed by atoms with E-state index in [1.54, 1.807) is 18.2 Å². The van der Waals surface area contributed by atoms with Crippen molar-refractivity contribution in [1.29, 1.82) is 0 Å². The minimum atomic E-state index is -0.376. The number of anilines is 1. The van der Waals surface area contributed by atoms with Gasteiger partial charge in [0.25, 0.3) is 0 Å². The number of carbonyl (C=O) groups excluding carboxylic acids is 1. The lowest BCUT2D eigenvalue weighted by atomic mass is 10.1. The predicted molar refractivity (Wildman–Crippen MR) is 107 cm³/mol. The van der Waals surface area contributed by atoms with Crippen LogP contribution >= 0.6 is 11.8 Å². The average Bonchev–Trinajstić information content (AvgIpc) is 3.28. The van der Waals surface area contributed by atoms with Crippen LogP contribution in [0.3, 0.4) is 0 Å². The lowest BCUT2D eigenvalue weighted by Gasteiger charge is -2.21. The van der Waals surface area contributed by atoms with E-state index >= 15 is 0 Å². The Kier molecular flexibility index (Phi) is 5.04. The maximum Gasteiger partial charge on any atom is 0.240 e. The van der Waals surface area contributed by atoms with Gasteiger partial charge in [0.1, 0.15) is 5.82 Å². The van der Waals surface area contributed by atoms with Gasteiger partial charge in [-0.3, -0.25) is 4.79 Å². The van der Waals surface area contributed by atoms with E-state index in [0.29, 0.717) is 23.1 Å². The number of aromatic nitrogens is 3. The van der Waals surface area contributed by atoms with Gasteiger partial charge < -0.3 is 10.7 Å². The molecule has 1 aliphatic heterocycles. The highest BCUT2D eigenvalue weighted by molar-refractivity contribution is 8.00. The Morgan fingerprint density at radius 3 is 2.79 bits per heavy atom. The Morgan fingerprint density at radius 1 is 1.21 bits per heavy atom. The molecule has 1 amide bonds. The van der Waals surface area contributed by atoms with Crippen LogP contribution in [0.4, 0.5) is 10.1 Å². The molecule has 2 heterocycles. The van der Waals surface area contributed by atoms with Gasteiger partial charge in [0.05, 0.1) is 5.25 Å². The lowest BCUT2D eigenvalue weighted by molar-refractivity contribution is -0.117. The molecule has 2 aromatic carbocycles. The molecule has 6 nitrogen and oxygen atoms in total. The van der Waals surface area contributed by atoms with Gasteiger partial charge in [0.15, 0.2) is 5.82 Å². The van der Waals surface area contributed by atoms with Crippen molar-refractivity contribution >= 4 is 23.4 Å². The first-order valence-corrected chi connectivity index (χ1v) is 9.91. The molecule has 0 saturated carbocycles. The fraction of sp³-hybridized carbons (Fsp3) is 0.250. The summed E-state index contributed by atoms with van der Waals surface area (Å²) >= 11 is 1.25. The highest BCUT2D eigenvalue weighted by Crippen LogP contribution is 2.31. The van der Waals surface area contributed by atoms with Crippen LogP contribution < -0.4 is 10.7 Å². The largest absolute Gasteiger partial charge is 0.336 e. The molecule has 1 atom stereocenters. The molecule has 8 heteroatoms. The number of hydrogen-bond acceptors (Lipinski definition) is 5. The van der Waals surface area contributed by atoms with E-state index in [4.69, 9.17) is 5.84 Å². The summed E-state index contributed by atoms with van der Waals surface area (Å²) in [6.45, 7) is 2.51. The molecule has 2 N–H and O–H groups in total. The van der Waals surface area contributed by atoms with Crippen LogP contribution in [0.5, 0.6) is 0 Å². The van der Waals surface area contributed by atoms with Gasteiger partial charge >= 0.3 is 0 Å². The number of hydrogen-bond donors (Lipinski definition) is 1. The van der Waals surface area contributed by atoms with E-state index in [0.717, 1.165) is 12.1 Å². The summed E-state index contributed by atoms with van der Waals surface area (Å²) in [4.78, 5) is 14.7. The Hall–Kier alpha value is -2.87. The number of nitrogens with zero attached hydrogens (tertiary/aromatic N) is 4. The Balaban J connectivity index is 1.47. The zero-order valence-corrected chi connectivity index (χ0v) is 16.2. The van der Waals surface area contributed by atoms with Gasteiger partial charge in [-0.15, -0.1) is 10.2 Å². The van der Waals surface area contributed by atoms with Crippen LogP contribution in [0, 0.1) is 5.82 Å². The number of carbonyl (C=O) groups is 1. The van der Waals surface area contributed by atoms with Gasteiger partial charge in [-0.2, -0.15) is 0 Å². The SMILES string of the molecule is CC(Sc1nnc(Cc2ccccc2F)n1N)C(=O)N1CCc2ccccc21. The van der Waals surface area contributed by atoms with Crippen molar-refractivity contribution in [1.82, 2.24) is 14.9 Å². The topological polar surface area (TPSA) is 77.0 Å². The summed E-state index contributed by atoms with van der Waals surface area (Å²) in [5.74, 6) is 6.25.